The molecule has 1 aromatic heterocycles. The number of hydrogen-bond acceptors (Lipinski definition) is 5. The first kappa shape index (κ1) is 17.2. The number of amides is 1. The van der Waals surface area contributed by atoms with E-state index in [0.29, 0.717) is 49.9 Å². The summed E-state index contributed by atoms with van der Waals surface area (Å²) in [4.78, 5) is 18.0. The first-order valence-corrected chi connectivity index (χ1v) is 8.21. The molecule has 2 heterocycles. The van der Waals surface area contributed by atoms with Crippen molar-refractivity contribution < 1.29 is 13.9 Å². The van der Waals surface area contributed by atoms with E-state index in [4.69, 9.17) is 4.74 Å². The summed E-state index contributed by atoms with van der Waals surface area (Å²) in [6, 6.07) is 8.57. The van der Waals surface area contributed by atoms with Crippen molar-refractivity contribution in [2.45, 2.75) is 6.54 Å². The molecule has 0 radical (unpaired) electrons. The highest BCUT2D eigenvalue weighted by molar-refractivity contribution is 5.98. The fraction of sp³-hybridized carbons (Fsp3) is 0.333. The number of benzene rings is 1. The lowest BCUT2D eigenvalue weighted by molar-refractivity contribution is 0.0963. The second-order valence-corrected chi connectivity index (χ2v) is 5.72. The summed E-state index contributed by atoms with van der Waals surface area (Å²) in [6.45, 7) is 2.99. The van der Waals surface area contributed by atoms with Gasteiger partial charge in [-0.1, -0.05) is 6.07 Å². The molecule has 1 aliphatic heterocycles. The molecule has 1 saturated heterocycles. The molecule has 25 heavy (non-hydrogen) atoms. The minimum Gasteiger partial charge on any atom is -0.378 e. The van der Waals surface area contributed by atoms with Gasteiger partial charge in [-0.3, -0.25) is 4.79 Å². The van der Waals surface area contributed by atoms with E-state index in [1.165, 1.54) is 6.07 Å². The number of aromatic nitrogens is 1. The second kappa shape index (κ2) is 7.94. The number of nitrogens with one attached hydrogen (secondary N) is 2. The number of halogens is 1. The number of carbonyl (C=O) groups excluding carboxylic acids is 1. The quantitative estimate of drug-likeness (QED) is 0.869. The van der Waals surface area contributed by atoms with E-state index in [1.807, 2.05) is 11.0 Å². The highest BCUT2D eigenvalue weighted by Gasteiger charge is 2.15. The normalized spacial score (nSPS) is 14.2. The Kier molecular flexibility index (Phi) is 5.45. The van der Waals surface area contributed by atoms with E-state index in [1.54, 1.807) is 31.4 Å². The van der Waals surface area contributed by atoms with Gasteiger partial charge < -0.3 is 20.3 Å². The molecule has 0 unspecified atom stereocenters. The number of hydrogen-bond donors (Lipinski definition) is 2. The monoisotopic (exact) mass is 344 g/mol. The maximum Gasteiger partial charge on any atom is 0.254 e. The fourth-order valence-electron chi connectivity index (χ4n) is 2.77. The van der Waals surface area contributed by atoms with Gasteiger partial charge in [0.15, 0.2) is 0 Å². The Hall–Kier alpha value is -2.67. The predicted octanol–water partition coefficient (Wildman–Crippen LogP) is 2.03. The third-order valence-corrected chi connectivity index (χ3v) is 4.10. The maximum atomic E-state index is 14.4. The molecule has 0 saturated carbocycles. The van der Waals surface area contributed by atoms with Crippen molar-refractivity contribution in [3.05, 3.63) is 53.5 Å². The Morgan fingerprint density at radius 3 is 2.84 bits per heavy atom. The van der Waals surface area contributed by atoms with E-state index in [2.05, 4.69) is 15.6 Å². The molecule has 0 bridgehead atoms. The van der Waals surface area contributed by atoms with Gasteiger partial charge in [0.2, 0.25) is 0 Å². The van der Waals surface area contributed by atoms with Crippen LogP contribution in [0.3, 0.4) is 0 Å². The summed E-state index contributed by atoms with van der Waals surface area (Å²) < 4.78 is 19.7. The van der Waals surface area contributed by atoms with Gasteiger partial charge in [-0.05, 0) is 29.8 Å². The summed E-state index contributed by atoms with van der Waals surface area (Å²) in [7, 11) is 1.57. The van der Waals surface area contributed by atoms with Gasteiger partial charge in [-0.25, -0.2) is 9.37 Å². The molecule has 7 heteroatoms. The number of anilines is 2. The topological polar surface area (TPSA) is 66.5 Å². The first-order valence-electron chi connectivity index (χ1n) is 8.21. The van der Waals surface area contributed by atoms with Crippen LogP contribution in [0.15, 0.2) is 36.5 Å². The molecule has 6 nitrogen and oxygen atoms in total. The van der Waals surface area contributed by atoms with Crippen LogP contribution in [-0.4, -0.2) is 44.2 Å². The molecule has 1 aromatic carbocycles. The van der Waals surface area contributed by atoms with Crippen LogP contribution in [0.5, 0.6) is 0 Å². The lowest BCUT2D eigenvalue weighted by atomic mass is 10.1. The molecule has 132 valence electrons. The van der Waals surface area contributed by atoms with Crippen LogP contribution < -0.4 is 15.5 Å². The molecular weight excluding hydrogens is 323 g/mol. The summed E-state index contributed by atoms with van der Waals surface area (Å²) in [5, 5.41) is 5.68. The number of ether oxygens (including phenoxy) is 1. The minimum atomic E-state index is -0.256. The fourth-order valence-corrected chi connectivity index (χ4v) is 2.77. The Labute approximate surface area is 146 Å². The number of morpholine rings is 1. The van der Waals surface area contributed by atoms with Gasteiger partial charge in [0, 0.05) is 32.9 Å². The van der Waals surface area contributed by atoms with Gasteiger partial charge in [-0.15, -0.1) is 0 Å². The van der Waals surface area contributed by atoms with Crippen LogP contribution in [0, 0.1) is 5.82 Å². The molecular formula is C18H21FN4O2. The predicted molar refractivity (Wildman–Crippen MR) is 94.4 cm³/mol. The number of rotatable bonds is 5. The van der Waals surface area contributed by atoms with Crippen molar-refractivity contribution in [1.29, 1.82) is 0 Å². The van der Waals surface area contributed by atoms with Crippen LogP contribution >= 0.6 is 0 Å². The third kappa shape index (κ3) is 4.06. The second-order valence-electron chi connectivity index (χ2n) is 5.72. The zero-order valence-corrected chi connectivity index (χ0v) is 14.1. The molecule has 0 atom stereocenters. The van der Waals surface area contributed by atoms with E-state index < -0.39 is 0 Å². The summed E-state index contributed by atoms with van der Waals surface area (Å²) in [5.41, 5.74) is 1.83. The minimum absolute atomic E-state index is 0.218. The molecule has 0 spiro atoms. The molecule has 0 aliphatic carbocycles. The summed E-state index contributed by atoms with van der Waals surface area (Å²) >= 11 is 0. The van der Waals surface area contributed by atoms with E-state index >= 15 is 0 Å². The first-order chi connectivity index (χ1) is 12.2. The standard InChI is InChI=1S/C18H21FN4O2/c1-20-18(24)14-3-2-6-21-17(14)22-12-13-4-5-16(15(19)11-13)23-7-9-25-10-8-23/h2-6,11H,7-10,12H2,1H3,(H,20,24)(H,21,22). The third-order valence-electron chi connectivity index (χ3n) is 4.10. The van der Waals surface area contributed by atoms with Crippen molar-refractivity contribution >= 4 is 17.4 Å². The van der Waals surface area contributed by atoms with Gasteiger partial charge in [0.25, 0.3) is 5.91 Å². The van der Waals surface area contributed by atoms with E-state index in [0.717, 1.165) is 5.56 Å². The van der Waals surface area contributed by atoms with Gasteiger partial charge in [-0.2, -0.15) is 0 Å². The largest absolute Gasteiger partial charge is 0.378 e. The Bertz CT molecular complexity index is 748. The summed E-state index contributed by atoms with van der Waals surface area (Å²) in [5.74, 6) is -0.00212. The average molecular weight is 344 g/mol. The lowest BCUT2D eigenvalue weighted by Crippen LogP contribution is -2.36. The molecule has 2 aromatic rings. The van der Waals surface area contributed by atoms with Crippen molar-refractivity contribution in [3.8, 4) is 0 Å². The van der Waals surface area contributed by atoms with Crippen molar-refractivity contribution in [1.82, 2.24) is 10.3 Å². The smallest absolute Gasteiger partial charge is 0.254 e. The van der Waals surface area contributed by atoms with Crippen molar-refractivity contribution in [2.75, 3.05) is 43.6 Å². The lowest BCUT2D eigenvalue weighted by Gasteiger charge is -2.29. The molecule has 3 rings (SSSR count). The highest BCUT2D eigenvalue weighted by atomic mass is 19.1. The molecule has 1 fully saturated rings. The molecule has 1 aliphatic rings. The Morgan fingerprint density at radius 1 is 1.32 bits per heavy atom. The summed E-state index contributed by atoms with van der Waals surface area (Å²) in [6.07, 6.45) is 1.61. The SMILES string of the molecule is CNC(=O)c1cccnc1NCc1ccc(N2CCOCC2)c(F)c1. The molecule has 2 N–H and O–H groups in total. The number of carbonyl (C=O) groups is 1. The van der Waals surface area contributed by atoms with E-state index in [9.17, 15) is 9.18 Å². The number of pyridine rings is 1. The average Bonchev–Trinajstić information content (AvgIpc) is 2.66. The van der Waals surface area contributed by atoms with Crippen LogP contribution in [-0.2, 0) is 11.3 Å². The number of nitrogens with zero attached hydrogens (tertiary/aromatic N) is 2. The molecule has 1 amide bonds. The van der Waals surface area contributed by atoms with E-state index in [-0.39, 0.29) is 11.7 Å². The Morgan fingerprint density at radius 2 is 2.12 bits per heavy atom. The van der Waals surface area contributed by atoms with Gasteiger partial charge >= 0.3 is 0 Å². The van der Waals surface area contributed by atoms with Crippen LogP contribution in [0.4, 0.5) is 15.9 Å². The highest BCUT2D eigenvalue weighted by Crippen LogP contribution is 2.22. The van der Waals surface area contributed by atoms with Crippen LogP contribution in [0.2, 0.25) is 0 Å². The van der Waals surface area contributed by atoms with Crippen LogP contribution in [0.1, 0.15) is 15.9 Å². The van der Waals surface area contributed by atoms with Crippen LogP contribution in [0.25, 0.3) is 0 Å². The Balaban J connectivity index is 1.70. The van der Waals surface area contributed by atoms with Crippen molar-refractivity contribution in [3.63, 3.8) is 0 Å². The van der Waals surface area contributed by atoms with Crippen molar-refractivity contribution in [2.24, 2.45) is 0 Å². The van der Waals surface area contributed by atoms with Gasteiger partial charge in [0.05, 0.1) is 24.5 Å². The maximum absolute atomic E-state index is 14.4. The van der Waals surface area contributed by atoms with Gasteiger partial charge in [0.1, 0.15) is 11.6 Å². The zero-order chi connectivity index (χ0) is 17.6. The zero-order valence-electron chi connectivity index (χ0n) is 14.1.